The molecule has 1 heterocycles. The van der Waals surface area contributed by atoms with Crippen LogP contribution in [0.25, 0.3) is 0 Å². The largest absolute Gasteiger partial charge is 0.494 e. The Hall–Kier alpha value is -1.96. The highest BCUT2D eigenvalue weighted by Gasteiger charge is 2.24. The molecule has 0 aromatic heterocycles. The van der Waals surface area contributed by atoms with Gasteiger partial charge < -0.3 is 10.1 Å². The summed E-state index contributed by atoms with van der Waals surface area (Å²) in [7, 11) is -2.48. The maximum absolute atomic E-state index is 14.2. The van der Waals surface area contributed by atoms with Crippen LogP contribution in [0, 0.1) is 12.7 Å². The first-order valence-electron chi connectivity index (χ1n) is 8.08. The first-order chi connectivity index (χ1) is 11.9. The summed E-state index contributed by atoms with van der Waals surface area (Å²) in [6.07, 6.45) is 0.919. The standard InChI is InChI=1S/C18H21FN2O3S/c1-12-17(8-7-16(24-2)18(12)19)25(22,23)21-11-15-14-6-4-3-5-13(14)9-10-20-15/h3-8,15,20-21H,9-11H2,1-2H3. The lowest BCUT2D eigenvalue weighted by molar-refractivity contribution is 0.384. The van der Waals surface area contributed by atoms with Crippen molar-refractivity contribution in [1.82, 2.24) is 10.0 Å². The summed E-state index contributed by atoms with van der Waals surface area (Å²) in [6, 6.07) is 10.6. The molecule has 1 aliphatic rings. The molecule has 0 fully saturated rings. The van der Waals surface area contributed by atoms with E-state index < -0.39 is 15.8 Å². The van der Waals surface area contributed by atoms with Gasteiger partial charge in [-0.1, -0.05) is 24.3 Å². The molecule has 3 rings (SSSR count). The second kappa shape index (κ2) is 7.11. The molecule has 0 saturated carbocycles. The lowest BCUT2D eigenvalue weighted by Gasteiger charge is -2.27. The summed E-state index contributed by atoms with van der Waals surface area (Å²) >= 11 is 0. The number of halogens is 1. The molecular weight excluding hydrogens is 343 g/mol. The highest BCUT2D eigenvalue weighted by molar-refractivity contribution is 7.89. The van der Waals surface area contributed by atoms with E-state index in [1.54, 1.807) is 0 Å². The van der Waals surface area contributed by atoms with E-state index in [-0.39, 0.29) is 28.8 Å². The monoisotopic (exact) mass is 364 g/mol. The van der Waals surface area contributed by atoms with Gasteiger partial charge in [0.1, 0.15) is 0 Å². The molecule has 1 atom stereocenters. The van der Waals surface area contributed by atoms with Gasteiger partial charge in [-0.2, -0.15) is 0 Å². The lowest BCUT2D eigenvalue weighted by Crippen LogP contribution is -2.39. The van der Waals surface area contributed by atoms with Crippen LogP contribution in [0.4, 0.5) is 4.39 Å². The number of fused-ring (bicyclic) bond motifs is 1. The quantitative estimate of drug-likeness (QED) is 0.854. The molecule has 0 radical (unpaired) electrons. The Morgan fingerprint density at radius 2 is 2.04 bits per heavy atom. The van der Waals surface area contributed by atoms with Crippen LogP contribution in [-0.2, 0) is 16.4 Å². The van der Waals surface area contributed by atoms with Crippen LogP contribution in [0.2, 0.25) is 0 Å². The summed E-state index contributed by atoms with van der Waals surface area (Å²) in [5.41, 5.74) is 2.36. The van der Waals surface area contributed by atoms with Gasteiger partial charge in [-0.25, -0.2) is 17.5 Å². The number of hydrogen-bond donors (Lipinski definition) is 2. The molecular formula is C18H21FN2O3S. The SMILES string of the molecule is COc1ccc(S(=O)(=O)NCC2NCCc3ccccc32)c(C)c1F. The summed E-state index contributed by atoms with van der Waals surface area (Å²) in [4.78, 5) is -0.0742. The highest BCUT2D eigenvalue weighted by Crippen LogP contribution is 2.27. The van der Waals surface area contributed by atoms with Crippen LogP contribution in [0.15, 0.2) is 41.3 Å². The van der Waals surface area contributed by atoms with Crippen molar-refractivity contribution < 1.29 is 17.5 Å². The Balaban J connectivity index is 1.81. The molecule has 25 heavy (non-hydrogen) atoms. The molecule has 0 aliphatic carbocycles. The molecule has 0 amide bonds. The van der Waals surface area contributed by atoms with Gasteiger partial charge in [0.25, 0.3) is 0 Å². The Morgan fingerprint density at radius 3 is 2.80 bits per heavy atom. The molecule has 7 heteroatoms. The fourth-order valence-corrected chi connectivity index (χ4v) is 4.42. The predicted molar refractivity (Wildman–Crippen MR) is 93.8 cm³/mol. The molecule has 2 N–H and O–H groups in total. The Labute approximate surface area is 147 Å². The van der Waals surface area contributed by atoms with Crippen molar-refractivity contribution in [3.63, 3.8) is 0 Å². The number of benzene rings is 2. The second-order valence-corrected chi connectivity index (χ2v) is 7.75. The maximum Gasteiger partial charge on any atom is 0.241 e. The topological polar surface area (TPSA) is 67.4 Å². The fraction of sp³-hybridized carbons (Fsp3) is 0.333. The van der Waals surface area contributed by atoms with E-state index in [9.17, 15) is 12.8 Å². The van der Waals surface area contributed by atoms with Crippen molar-refractivity contribution in [3.8, 4) is 5.75 Å². The summed E-state index contributed by atoms with van der Waals surface area (Å²) in [5.74, 6) is -0.633. The highest BCUT2D eigenvalue weighted by atomic mass is 32.2. The first kappa shape index (κ1) is 17.8. The van der Waals surface area contributed by atoms with Gasteiger partial charge in [-0.05, 0) is 43.1 Å². The number of sulfonamides is 1. The Kier molecular flexibility index (Phi) is 5.08. The molecule has 2 aromatic rings. The molecule has 0 saturated heterocycles. The van der Waals surface area contributed by atoms with Crippen molar-refractivity contribution in [2.24, 2.45) is 0 Å². The third-order valence-corrected chi connectivity index (χ3v) is 6.07. The minimum absolute atomic E-state index is 0.0272. The van der Waals surface area contributed by atoms with E-state index in [4.69, 9.17) is 4.74 Å². The van der Waals surface area contributed by atoms with Crippen molar-refractivity contribution in [2.45, 2.75) is 24.3 Å². The van der Waals surface area contributed by atoms with Crippen molar-refractivity contribution in [3.05, 3.63) is 58.9 Å². The molecule has 0 spiro atoms. The van der Waals surface area contributed by atoms with Crippen molar-refractivity contribution >= 4 is 10.0 Å². The zero-order valence-corrected chi connectivity index (χ0v) is 15.0. The number of methoxy groups -OCH3 is 1. The minimum atomic E-state index is -3.83. The van der Waals surface area contributed by atoms with E-state index >= 15 is 0 Å². The van der Waals surface area contributed by atoms with Gasteiger partial charge in [0.15, 0.2) is 11.6 Å². The molecule has 1 aliphatic heterocycles. The molecule has 2 aromatic carbocycles. The van der Waals surface area contributed by atoms with Crippen LogP contribution in [-0.4, -0.2) is 28.6 Å². The third-order valence-electron chi connectivity index (χ3n) is 4.50. The van der Waals surface area contributed by atoms with Gasteiger partial charge in [0, 0.05) is 18.2 Å². The number of rotatable bonds is 5. The zero-order chi connectivity index (χ0) is 18.0. The van der Waals surface area contributed by atoms with E-state index in [2.05, 4.69) is 16.1 Å². The van der Waals surface area contributed by atoms with Crippen LogP contribution in [0.3, 0.4) is 0 Å². The normalized spacial score (nSPS) is 17.2. The number of nitrogens with one attached hydrogen (secondary N) is 2. The molecule has 5 nitrogen and oxygen atoms in total. The average molecular weight is 364 g/mol. The minimum Gasteiger partial charge on any atom is -0.494 e. The van der Waals surface area contributed by atoms with Gasteiger partial charge >= 0.3 is 0 Å². The summed E-state index contributed by atoms with van der Waals surface area (Å²) in [6.45, 7) is 2.42. The van der Waals surface area contributed by atoms with Crippen LogP contribution < -0.4 is 14.8 Å². The zero-order valence-electron chi connectivity index (χ0n) is 14.2. The van der Waals surface area contributed by atoms with E-state index in [0.29, 0.717) is 0 Å². The van der Waals surface area contributed by atoms with Crippen LogP contribution in [0.5, 0.6) is 5.75 Å². The van der Waals surface area contributed by atoms with Crippen LogP contribution >= 0.6 is 0 Å². The smallest absolute Gasteiger partial charge is 0.241 e. The van der Waals surface area contributed by atoms with E-state index in [1.807, 2.05) is 18.2 Å². The van der Waals surface area contributed by atoms with Gasteiger partial charge in [0.05, 0.1) is 12.0 Å². The van der Waals surface area contributed by atoms with Gasteiger partial charge in [0.2, 0.25) is 10.0 Å². The Bertz CT molecular complexity index is 884. The predicted octanol–water partition coefficient (Wildman–Crippen LogP) is 2.31. The summed E-state index contributed by atoms with van der Waals surface area (Å²) in [5, 5.41) is 3.32. The van der Waals surface area contributed by atoms with Crippen molar-refractivity contribution in [1.29, 1.82) is 0 Å². The number of ether oxygens (including phenoxy) is 1. The molecule has 1 unspecified atom stereocenters. The van der Waals surface area contributed by atoms with Gasteiger partial charge in [-0.3, -0.25) is 0 Å². The first-order valence-corrected chi connectivity index (χ1v) is 9.56. The van der Waals surface area contributed by atoms with E-state index in [0.717, 1.165) is 18.5 Å². The lowest BCUT2D eigenvalue weighted by atomic mass is 9.95. The molecule has 134 valence electrons. The Morgan fingerprint density at radius 1 is 1.28 bits per heavy atom. The van der Waals surface area contributed by atoms with Crippen molar-refractivity contribution in [2.75, 3.05) is 20.2 Å². The molecule has 0 bridgehead atoms. The van der Waals surface area contributed by atoms with Gasteiger partial charge in [-0.15, -0.1) is 0 Å². The third kappa shape index (κ3) is 3.53. The maximum atomic E-state index is 14.2. The number of hydrogen-bond acceptors (Lipinski definition) is 4. The van der Waals surface area contributed by atoms with E-state index in [1.165, 1.54) is 31.7 Å². The second-order valence-electron chi connectivity index (χ2n) is 6.01. The fourth-order valence-electron chi connectivity index (χ4n) is 3.14. The summed E-state index contributed by atoms with van der Waals surface area (Å²) < 4.78 is 46.9. The average Bonchev–Trinajstić information content (AvgIpc) is 2.62. The van der Waals surface area contributed by atoms with Crippen LogP contribution in [0.1, 0.15) is 22.7 Å².